The maximum atomic E-state index is 13.6. The largest absolute Gasteiger partial charge is 0.341 e. The van der Waals surface area contributed by atoms with Crippen LogP contribution in [0.4, 0.5) is 19.7 Å². The van der Waals surface area contributed by atoms with E-state index in [2.05, 4.69) is 5.32 Å². The van der Waals surface area contributed by atoms with Crippen molar-refractivity contribution < 1.29 is 18.8 Å². The minimum atomic E-state index is -0.911. The zero-order chi connectivity index (χ0) is 22.1. The van der Waals surface area contributed by atoms with E-state index in [1.165, 1.54) is 18.0 Å². The highest BCUT2D eigenvalue weighted by atomic mass is 19.1. The quantitative estimate of drug-likeness (QED) is 0.816. The number of hydrogen-bond acceptors (Lipinski definition) is 4. The molecule has 0 saturated carbocycles. The topological polar surface area (TPSA) is 93.5 Å². The van der Waals surface area contributed by atoms with Crippen LogP contribution < -0.4 is 10.2 Å². The van der Waals surface area contributed by atoms with Crippen molar-refractivity contribution in [1.82, 2.24) is 10.2 Å². The Labute approximate surface area is 178 Å². The molecule has 4 rings (SSSR count). The Balaban J connectivity index is 1.93. The van der Waals surface area contributed by atoms with Crippen LogP contribution in [0, 0.1) is 11.3 Å². The van der Waals surface area contributed by atoms with Crippen LogP contribution in [-0.2, 0) is 11.5 Å². The third-order valence-corrected chi connectivity index (χ3v) is 5.51. The SMILES string of the molecule is CNC(=O)N1C(=O)N(c2cccc(CF)c2)C2=C(C(=O)CC2)[C@H]1c1ccc(C#N)cc1. The highest BCUT2D eigenvalue weighted by Crippen LogP contribution is 2.45. The van der Waals surface area contributed by atoms with Crippen LogP contribution in [0.15, 0.2) is 59.8 Å². The van der Waals surface area contributed by atoms with Gasteiger partial charge < -0.3 is 5.32 Å². The number of urea groups is 2. The minimum Gasteiger partial charge on any atom is -0.341 e. The van der Waals surface area contributed by atoms with Crippen molar-refractivity contribution in [3.63, 3.8) is 0 Å². The first-order chi connectivity index (χ1) is 15.0. The standard InChI is InChI=1S/C23H19FN4O3/c1-26-22(30)28-21(16-7-5-14(13-25)6-8-16)20-18(9-10-19(20)29)27(23(28)31)17-4-2-3-15(11-17)12-24/h2-8,11,21H,9-10,12H2,1H3,(H,26,30)/t21-/m1/s1. The fourth-order valence-corrected chi connectivity index (χ4v) is 4.09. The molecule has 0 fully saturated rings. The summed E-state index contributed by atoms with van der Waals surface area (Å²) in [5.41, 5.74) is 2.64. The van der Waals surface area contributed by atoms with Gasteiger partial charge in [0, 0.05) is 24.7 Å². The van der Waals surface area contributed by atoms with Crippen LogP contribution in [0.5, 0.6) is 0 Å². The molecule has 1 aliphatic heterocycles. The molecule has 4 amide bonds. The van der Waals surface area contributed by atoms with Crippen LogP contribution in [-0.4, -0.2) is 29.8 Å². The number of anilines is 1. The second-order valence-electron chi connectivity index (χ2n) is 7.27. The maximum Gasteiger partial charge on any atom is 0.337 e. The number of allylic oxidation sites excluding steroid dienone is 1. The second kappa shape index (κ2) is 8.03. The van der Waals surface area contributed by atoms with E-state index in [4.69, 9.17) is 5.26 Å². The fourth-order valence-electron chi connectivity index (χ4n) is 4.09. The van der Waals surface area contributed by atoms with Crippen LogP contribution in [0.3, 0.4) is 0 Å². The van der Waals surface area contributed by atoms with Crippen molar-refractivity contribution in [1.29, 1.82) is 5.26 Å². The van der Waals surface area contributed by atoms with Gasteiger partial charge in [0.15, 0.2) is 5.78 Å². The van der Waals surface area contributed by atoms with Crippen molar-refractivity contribution in [2.24, 2.45) is 0 Å². The average molecular weight is 418 g/mol. The van der Waals surface area contributed by atoms with Gasteiger partial charge in [0.2, 0.25) is 0 Å². The van der Waals surface area contributed by atoms with E-state index in [1.54, 1.807) is 42.5 Å². The molecule has 0 radical (unpaired) electrons. The first-order valence-electron chi connectivity index (χ1n) is 9.76. The number of halogens is 1. The molecule has 2 aromatic carbocycles. The minimum absolute atomic E-state index is 0.155. The summed E-state index contributed by atoms with van der Waals surface area (Å²) < 4.78 is 13.2. The molecule has 1 aliphatic carbocycles. The van der Waals surface area contributed by atoms with E-state index < -0.39 is 24.8 Å². The number of carbonyl (C=O) groups is 3. The first kappa shape index (κ1) is 20.3. The summed E-state index contributed by atoms with van der Waals surface area (Å²) in [6.45, 7) is -0.701. The molecule has 31 heavy (non-hydrogen) atoms. The van der Waals surface area contributed by atoms with Crippen LogP contribution >= 0.6 is 0 Å². The van der Waals surface area contributed by atoms with E-state index in [0.717, 1.165) is 4.90 Å². The molecule has 8 heteroatoms. The molecule has 0 spiro atoms. The first-order valence-corrected chi connectivity index (χ1v) is 9.76. The third kappa shape index (κ3) is 3.34. The lowest BCUT2D eigenvalue weighted by atomic mass is 9.92. The summed E-state index contributed by atoms with van der Waals surface area (Å²) in [5, 5.41) is 11.5. The number of rotatable bonds is 3. The number of Topliss-reactive ketones (excluding diaryl/α,β-unsaturated/α-hetero) is 1. The highest BCUT2D eigenvalue weighted by molar-refractivity contribution is 6.12. The normalized spacial score (nSPS) is 18.2. The van der Waals surface area contributed by atoms with E-state index in [9.17, 15) is 18.8 Å². The molecule has 0 unspecified atom stereocenters. The highest BCUT2D eigenvalue weighted by Gasteiger charge is 2.48. The maximum absolute atomic E-state index is 13.6. The molecule has 0 aromatic heterocycles. The number of alkyl halides is 1. The lowest BCUT2D eigenvalue weighted by Crippen LogP contribution is -2.54. The predicted octanol–water partition coefficient (Wildman–Crippen LogP) is 3.97. The summed E-state index contributed by atoms with van der Waals surface area (Å²) in [6.07, 6.45) is 0.555. The smallest absolute Gasteiger partial charge is 0.337 e. The number of nitrogens with zero attached hydrogens (tertiary/aromatic N) is 3. The monoisotopic (exact) mass is 418 g/mol. The predicted molar refractivity (Wildman–Crippen MR) is 111 cm³/mol. The van der Waals surface area contributed by atoms with Crippen molar-refractivity contribution in [3.05, 3.63) is 76.5 Å². The number of ketones is 1. The molecule has 2 aliphatic rings. The number of benzene rings is 2. The molecule has 1 heterocycles. The van der Waals surface area contributed by atoms with E-state index in [0.29, 0.717) is 40.1 Å². The molecule has 1 atom stereocenters. The molecule has 0 bridgehead atoms. The Bertz CT molecular complexity index is 1150. The van der Waals surface area contributed by atoms with Gasteiger partial charge in [-0.25, -0.2) is 18.9 Å². The van der Waals surface area contributed by atoms with E-state index >= 15 is 0 Å². The van der Waals surface area contributed by atoms with Crippen LogP contribution in [0.2, 0.25) is 0 Å². The number of amides is 4. The van der Waals surface area contributed by atoms with Gasteiger partial charge in [-0.1, -0.05) is 24.3 Å². The van der Waals surface area contributed by atoms with E-state index in [1.807, 2.05) is 6.07 Å². The van der Waals surface area contributed by atoms with Crippen LogP contribution in [0.25, 0.3) is 0 Å². The lowest BCUT2D eigenvalue weighted by molar-refractivity contribution is -0.115. The summed E-state index contributed by atoms with van der Waals surface area (Å²) in [4.78, 5) is 41.6. The summed E-state index contributed by atoms with van der Waals surface area (Å²) in [7, 11) is 1.40. The van der Waals surface area contributed by atoms with Gasteiger partial charge in [0.1, 0.15) is 6.67 Å². The molecule has 1 N–H and O–H groups in total. The second-order valence-corrected chi connectivity index (χ2v) is 7.27. The molecular weight excluding hydrogens is 399 g/mol. The number of hydrogen-bond donors (Lipinski definition) is 1. The van der Waals surface area contributed by atoms with Gasteiger partial charge in [-0.2, -0.15) is 5.26 Å². The van der Waals surface area contributed by atoms with Gasteiger partial charge in [-0.3, -0.25) is 9.69 Å². The summed E-state index contributed by atoms with van der Waals surface area (Å²) >= 11 is 0. The zero-order valence-electron chi connectivity index (χ0n) is 16.8. The van der Waals surface area contributed by atoms with Crippen molar-refractivity contribution in [2.75, 3.05) is 11.9 Å². The van der Waals surface area contributed by atoms with Crippen molar-refractivity contribution in [2.45, 2.75) is 25.6 Å². The van der Waals surface area contributed by atoms with Crippen molar-refractivity contribution in [3.8, 4) is 6.07 Å². The average Bonchev–Trinajstić information content (AvgIpc) is 3.18. The zero-order valence-corrected chi connectivity index (χ0v) is 16.8. The van der Waals surface area contributed by atoms with Crippen molar-refractivity contribution >= 4 is 23.5 Å². The van der Waals surface area contributed by atoms with Gasteiger partial charge in [-0.15, -0.1) is 0 Å². The van der Waals surface area contributed by atoms with Gasteiger partial charge >= 0.3 is 12.1 Å². The molecule has 156 valence electrons. The molecular formula is C23H19FN4O3. The molecule has 7 nitrogen and oxygen atoms in total. The Morgan fingerprint density at radius 1 is 1.19 bits per heavy atom. The Morgan fingerprint density at radius 2 is 1.94 bits per heavy atom. The number of imide groups is 1. The van der Waals surface area contributed by atoms with Gasteiger partial charge in [0.05, 0.1) is 23.4 Å². The summed E-state index contributed by atoms with van der Waals surface area (Å²) in [5.74, 6) is -0.155. The Kier molecular flexibility index (Phi) is 5.26. The van der Waals surface area contributed by atoms with Crippen LogP contribution in [0.1, 0.15) is 35.6 Å². The lowest BCUT2D eigenvalue weighted by Gasteiger charge is -2.40. The Hall–Kier alpha value is -3.99. The van der Waals surface area contributed by atoms with Gasteiger partial charge in [0.25, 0.3) is 0 Å². The third-order valence-electron chi connectivity index (χ3n) is 5.51. The molecule has 2 aromatic rings. The number of carbonyl (C=O) groups excluding carboxylic acids is 3. The Morgan fingerprint density at radius 3 is 2.58 bits per heavy atom. The van der Waals surface area contributed by atoms with E-state index in [-0.39, 0.29) is 12.2 Å². The fraction of sp³-hybridized carbons (Fsp3) is 0.217. The van der Waals surface area contributed by atoms with Gasteiger partial charge in [-0.05, 0) is 41.8 Å². The number of nitriles is 1. The summed E-state index contributed by atoms with van der Waals surface area (Å²) in [6, 6.07) is 12.7. The number of nitrogens with one attached hydrogen (secondary N) is 1. The molecule has 0 saturated heterocycles.